The highest BCUT2D eigenvalue weighted by Gasteiger charge is 2.26. The lowest BCUT2D eigenvalue weighted by atomic mass is 10.0. The molecule has 0 heterocycles. The lowest BCUT2D eigenvalue weighted by Gasteiger charge is -2.22. The molecule has 0 spiro atoms. The van der Waals surface area contributed by atoms with Gasteiger partial charge in [-0.3, -0.25) is 0 Å². The Bertz CT molecular complexity index is 559. The second kappa shape index (κ2) is 7.77. The van der Waals surface area contributed by atoms with Crippen LogP contribution in [0.25, 0.3) is 0 Å². The summed E-state index contributed by atoms with van der Waals surface area (Å²) in [5.41, 5.74) is 1.65. The molecule has 0 saturated heterocycles. The zero-order chi connectivity index (χ0) is 17.0. The Balaban J connectivity index is 2.27. The SMILES string of the molecule is COCc1c(Br)ccc(COCC2CC2)c1C(=O)OC(C)(C)C. The lowest BCUT2D eigenvalue weighted by molar-refractivity contribution is 0.00604. The fourth-order valence-electron chi connectivity index (χ4n) is 2.28. The zero-order valence-electron chi connectivity index (χ0n) is 14.3. The van der Waals surface area contributed by atoms with Crippen LogP contribution in [0.15, 0.2) is 16.6 Å². The first-order chi connectivity index (χ1) is 10.8. The molecule has 0 atom stereocenters. The molecular weight excluding hydrogens is 360 g/mol. The zero-order valence-corrected chi connectivity index (χ0v) is 15.9. The van der Waals surface area contributed by atoms with Crippen LogP contribution in [0.1, 0.15) is 55.1 Å². The minimum Gasteiger partial charge on any atom is -0.456 e. The van der Waals surface area contributed by atoms with Crippen LogP contribution in [0.5, 0.6) is 0 Å². The van der Waals surface area contributed by atoms with E-state index < -0.39 is 5.60 Å². The first kappa shape index (κ1) is 18.4. The molecule has 1 aliphatic carbocycles. The molecule has 0 unspecified atom stereocenters. The number of halogens is 1. The van der Waals surface area contributed by atoms with Crippen LogP contribution in [0, 0.1) is 5.92 Å². The molecule has 5 heteroatoms. The minimum absolute atomic E-state index is 0.337. The van der Waals surface area contributed by atoms with Gasteiger partial charge < -0.3 is 14.2 Å². The van der Waals surface area contributed by atoms with Crippen LogP contribution >= 0.6 is 15.9 Å². The highest BCUT2D eigenvalue weighted by molar-refractivity contribution is 9.10. The van der Waals surface area contributed by atoms with Crippen LogP contribution in [-0.4, -0.2) is 25.3 Å². The standard InChI is InChI=1S/C18H25BrO4/c1-18(2,3)23-17(20)16-13(10-22-9-12-5-6-12)7-8-15(19)14(16)11-21-4/h7-8,12H,5-6,9-11H2,1-4H3. The van der Waals surface area contributed by atoms with Crippen molar-refractivity contribution in [2.75, 3.05) is 13.7 Å². The van der Waals surface area contributed by atoms with Gasteiger partial charge in [-0.15, -0.1) is 0 Å². The number of rotatable bonds is 7. The topological polar surface area (TPSA) is 44.8 Å². The summed E-state index contributed by atoms with van der Waals surface area (Å²) in [6.45, 7) is 7.09. The van der Waals surface area contributed by atoms with E-state index in [0.29, 0.717) is 24.7 Å². The van der Waals surface area contributed by atoms with Crippen LogP contribution in [0.2, 0.25) is 0 Å². The summed E-state index contributed by atoms with van der Waals surface area (Å²) in [6, 6.07) is 3.84. The van der Waals surface area contributed by atoms with Crippen LogP contribution in [0.3, 0.4) is 0 Å². The molecule has 0 radical (unpaired) electrons. The molecule has 0 N–H and O–H groups in total. The van der Waals surface area contributed by atoms with Crippen molar-refractivity contribution in [3.05, 3.63) is 33.3 Å². The monoisotopic (exact) mass is 384 g/mol. The maximum Gasteiger partial charge on any atom is 0.339 e. The molecule has 0 amide bonds. The molecule has 1 saturated carbocycles. The van der Waals surface area contributed by atoms with E-state index in [2.05, 4.69) is 15.9 Å². The first-order valence-corrected chi connectivity index (χ1v) is 8.71. The average molecular weight is 385 g/mol. The summed E-state index contributed by atoms with van der Waals surface area (Å²) < 4.78 is 17.4. The molecule has 0 aromatic heterocycles. The van der Waals surface area contributed by atoms with Crippen molar-refractivity contribution in [2.24, 2.45) is 5.92 Å². The Morgan fingerprint density at radius 2 is 1.96 bits per heavy atom. The van der Waals surface area contributed by atoms with Gasteiger partial charge in [0, 0.05) is 23.8 Å². The fraction of sp³-hybridized carbons (Fsp3) is 0.611. The average Bonchev–Trinajstić information content (AvgIpc) is 3.24. The van der Waals surface area contributed by atoms with E-state index in [1.165, 1.54) is 12.8 Å². The van der Waals surface area contributed by atoms with Gasteiger partial charge >= 0.3 is 5.97 Å². The summed E-state index contributed by atoms with van der Waals surface area (Å²) in [7, 11) is 1.61. The van der Waals surface area contributed by atoms with E-state index in [9.17, 15) is 4.79 Å². The largest absolute Gasteiger partial charge is 0.456 e. The number of carbonyl (C=O) groups excluding carboxylic acids is 1. The van der Waals surface area contributed by atoms with Crippen molar-refractivity contribution in [3.63, 3.8) is 0 Å². The van der Waals surface area contributed by atoms with E-state index in [1.54, 1.807) is 7.11 Å². The van der Waals surface area contributed by atoms with Gasteiger partial charge in [0.05, 0.1) is 18.8 Å². The molecule has 4 nitrogen and oxygen atoms in total. The van der Waals surface area contributed by atoms with Gasteiger partial charge in [-0.25, -0.2) is 4.79 Å². The summed E-state index contributed by atoms with van der Waals surface area (Å²) in [4.78, 5) is 12.7. The maximum absolute atomic E-state index is 12.7. The van der Waals surface area contributed by atoms with E-state index in [1.807, 2.05) is 32.9 Å². The van der Waals surface area contributed by atoms with E-state index in [0.717, 1.165) is 22.2 Å². The van der Waals surface area contributed by atoms with Gasteiger partial charge in [-0.05, 0) is 51.2 Å². The summed E-state index contributed by atoms with van der Waals surface area (Å²) in [5, 5.41) is 0. The van der Waals surface area contributed by atoms with E-state index in [4.69, 9.17) is 14.2 Å². The molecule has 1 aromatic rings. The minimum atomic E-state index is -0.546. The number of benzene rings is 1. The molecular formula is C18H25BrO4. The predicted molar refractivity (Wildman–Crippen MR) is 92.4 cm³/mol. The molecule has 23 heavy (non-hydrogen) atoms. The van der Waals surface area contributed by atoms with Crippen molar-refractivity contribution < 1.29 is 19.0 Å². The molecule has 2 rings (SSSR count). The first-order valence-electron chi connectivity index (χ1n) is 7.92. The van der Waals surface area contributed by atoms with Gasteiger partial charge in [0.15, 0.2) is 0 Å². The highest BCUT2D eigenvalue weighted by atomic mass is 79.9. The van der Waals surface area contributed by atoms with Gasteiger partial charge in [0.1, 0.15) is 5.60 Å². The lowest BCUT2D eigenvalue weighted by Crippen LogP contribution is -2.26. The molecule has 0 aliphatic heterocycles. The summed E-state index contributed by atoms with van der Waals surface area (Å²) >= 11 is 3.50. The Morgan fingerprint density at radius 3 is 2.52 bits per heavy atom. The molecule has 1 aliphatic rings. The third-order valence-corrected chi connectivity index (χ3v) is 4.28. The third-order valence-electron chi connectivity index (χ3n) is 3.54. The van der Waals surface area contributed by atoms with Crippen LogP contribution in [-0.2, 0) is 27.4 Å². The molecule has 0 bridgehead atoms. The van der Waals surface area contributed by atoms with Crippen LogP contribution < -0.4 is 0 Å². The molecule has 128 valence electrons. The van der Waals surface area contributed by atoms with Crippen molar-refractivity contribution in [3.8, 4) is 0 Å². The van der Waals surface area contributed by atoms with E-state index in [-0.39, 0.29) is 5.97 Å². The van der Waals surface area contributed by atoms with Crippen molar-refractivity contribution in [2.45, 2.75) is 52.4 Å². The fourth-order valence-corrected chi connectivity index (χ4v) is 2.72. The number of ether oxygens (including phenoxy) is 3. The van der Waals surface area contributed by atoms with Gasteiger partial charge in [0.25, 0.3) is 0 Å². The normalized spacial score (nSPS) is 14.8. The van der Waals surface area contributed by atoms with Crippen molar-refractivity contribution in [1.29, 1.82) is 0 Å². The molecule has 1 fully saturated rings. The second-order valence-corrected chi connectivity index (χ2v) is 7.81. The number of esters is 1. The quantitative estimate of drug-likeness (QED) is 0.650. The van der Waals surface area contributed by atoms with Crippen molar-refractivity contribution >= 4 is 21.9 Å². The second-order valence-electron chi connectivity index (χ2n) is 6.95. The van der Waals surface area contributed by atoms with Crippen LogP contribution in [0.4, 0.5) is 0 Å². The smallest absolute Gasteiger partial charge is 0.339 e. The van der Waals surface area contributed by atoms with Crippen molar-refractivity contribution in [1.82, 2.24) is 0 Å². The number of hydrogen-bond acceptors (Lipinski definition) is 4. The third kappa shape index (κ3) is 5.59. The Hall–Kier alpha value is -0.910. The van der Waals surface area contributed by atoms with Gasteiger partial charge in [0.2, 0.25) is 0 Å². The number of methoxy groups -OCH3 is 1. The number of hydrogen-bond donors (Lipinski definition) is 0. The van der Waals surface area contributed by atoms with Gasteiger partial charge in [-0.1, -0.05) is 22.0 Å². The Kier molecular flexibility index (Phi) is 6.23. The molecule has 1 aromatic carbocycles. The summed E-state index contributed by atoms with van der Waals surface area (Å²) in [5.74, 6) is 0.352. The van der Waals surface area contributed by atoms with Gasteiger partial charge in [-0.2, -0.15) is 0 Å². The Labute approximate surface area is 146 Å². The number of carbonyl (C=O) groups is 1. The van der Waals surface area contributed by atoms with E-state index >= 15 is 0 Å². The highest BCUT2D eigenvalue weighted by Crippen LogP contribution is 2.31. The Morgan fingerprint density at radius 1 is 1.26 bits per heavy atom. The predicted octanol–water partition coefficient (Wildman–Crippen LogP) is 4.48. The maximum atomic E-state index is 12.7. The summed E-state index contributed by atoms with van der Waals surface area (Å²) in [6.07, 6.45) is 2.49.